The minimum absolute atomic E-state index is 0.0273. The van der Waals surface area contributed by atoms with Crippen LogP contribution in [0.5, 0.6) is 0 Å². The van der Waals surface area contributed by atoms with Crippen molar-refractivity contribution in [3.63, 3.8) is 0 Å². The van der Waals surface area contributed by atoms with E-state index in [2.05, 4.69) is 0 Å². The zero-order valence-electron chi connectivity index (χ0n) is 7.09. The Hall–Kier alpha value is -1.44. The van der Waals surface area contributed by atoms with Gasteiger partial charge in [-0.3, -0.25) is 4.79 Å². The van der Waals surface area contributed by atoms with Crippen LogP contribution in [0.15, 0.2) is 24.3 Å². The van der Waals surface area contributed by atoms with E-state index in [9.17, 15) is 9.18 Å². The van der Waals surface area contributed by atoms with Crippen molar-refractivity contribution in [2.24, 2.45) is 0 Å². The molecule has 0 atom stereocenters. The standard InChI is InChI=1S/C11H9FO/c12-10-6-3-5-9-8(10)4-1-2-7-11(9)13/h1,3-6H,2,7H2. The van der Waals surface area contributed by atoms with Crippen LogP contribution in [0.2, 0.25) is 0 Å². The number of rotatable bonds is 0. The molecule has 0 aliphatic heterocycles. The summed E-state index contributed by atoms with van der Waals surface area (Å²) in [4.78, 5) is 11.5. The fourth-order valence-corrected chi connectivity index (χ4v) is 1.50. The van der Waals surface area contributed by atoms with Gasteiger partial charge in [0, 0.05) is 17.5 Å². The maximum absolute atomic E-state index is 13.2. The number of hydrogen-bond donors (Lipinski definition) is 0. The molecule has 0 fully saturated rings. The van der Waals surface area contributed by atoms with Crippen LogP contribution in [0.25, 0.3) is 6.08 Å². The second kappa shape index (κ2) is 3.13. The first-order valence-electron chi connectivity index (χ1n) is 4.27. The highest BCUT2D eigenvalue weighted by Crippen LogP contribution is 2.21. The Kier molecular flexibility index (Phi) is 1.97. The summed E-state index contributed by atoms with van der Waals surface area (Å²) in [6.07, 6.45) is 4.71. The smallest absolute Gasteiger partial charge is 0.163 e. The van der Waals surface area contributed by atoms with Gasteiger partial charge < -0.3 is 0 Å². The number of Topliss-reactive ketones (excluding diaryl/α,β-unsaturated/α-hetero) is 1. The fraction of sp³-hybridized carbons (Fsp3) is 0.182. The number of halogens is 1. The zero-order valence-corrected chi connectivity index (χ0v) is 7.09. The van der Waals surface area contributed by atoms with E-state index in [0.29, 0.717) is 24.0 Å². The summed E-state index contributed by atoms with van der Waals surface area (Å²) in [7, 11) is 0. The third kappa shape index (κ3) is 1.39. The minimum atomic E-state index is -0.316. The van der Waals surface area contributed by atoms with E-state index in [1.165, 1.54) is 6.07 Å². The van der Waals surface area contributed by atoms with Gasteiger partial charge in [-0.25, -0.2) is 4.39 Å². The van der Waals surface area contributed by atoms with E-state index in [1.54, 1.807) is 18.2 Å². The molecule has 0 aromatic heterocycles. The van der Waals surface area contributed by atoms with Crippen molar-refractivity contribution < 1.29 is 9.18 Å². The van der Waals surface area contributed by atoms with Crippen molar-refractivity contribution >= 4 is 11.9 Å². The minimum Gasteiger partial charge on any atom is -0.294 e. The van der Waals surface area contributed by atoms with Gasteiger partial charge in [-0.1, -0.05) is 24.3 Å². The van der Waals surface area contributed by atoms with Crippen molar-refractivity contribution in [2.45, 2.75) is 12.8 Å². The van der Waals surface area contributed by atoms with Gasteiger partial charge in [0.2, 0.25) is 0 Å². The van der Waals surface area contributed by atoms with Gasteiger partial charge in [-0.15, -0.1) is 0 Å². The van der Waals surface area contributed by atoms with Crippen LogP contribution in [-0.4, -0.2) is 5.78 Å². The number of ketones is 1. The third-order valence-electron chi connectivity index (χ3n) is 2.18. The van der Waals surface area contributed by atoms with Crippen LogP contribution in [0, 0.1) is 5.82 Å². The van der Waals surface area contributed by atoms with E-state index < -0.39 is 0 Å². The Morgan fingerprint density at radius 2 is 2.15 bits per heavy atom. The lowest BCUT2D eigenvalue weighted by atomic mass is 10.0. The van der Waals surface area contributed by atoms with Crippen molar-refractivity contribution in [1.29, 1.82) is 0 Å². The molecule has 66 valence electrons. The predicted octanol–water partition coefficient (Wildman–Crippen LogP) is 2.82. The van der Waals surface area contributed by atoms with Crippen LogP contribution in [0.4, 0.5) is 4.39 Å². The van der Waals surface area contributed by atoms with Gasteiger partial charge in [0.1, 0.15) is 5.82 Å². The molecule has 1 aromatic carbocycles. The molecule has 13 heavy (non-hydrogen) atoms. The highest BCUT2D eigenvalue weighted by Gasteiger charge is 2.14. The quantitative estimate of drug-likeness (QED) is 0.594. The lowest BCUT2D eigenvalue weighted by Gasteiger charge is -2.02. The summed E-state index contributed by atoms with van der Waals surface area (Å²) < 4.78 is 13.2. The number of allylic oxidation sites excluding steroid dienone is 1. The molecule has 0 saturated heterocycles. The first-order valence-corrected chi connectivity index (χ1v) is 4.27. The molecule has 0 radical (unpaired) electrons. The van der Waals surface area contributed by atoms with E-state index >= 15 is 0 Å². The van der Waals surface area contributed by atoms with Crippen molar-refractivity contribution in [2.75, 3.05) is 0 Å². The van der Waals surface area contributed by atoms with Crippen LogP contribution in [0.3, 0.4) is 0 Å². The van der Waals surface area contributed by atoms with Crippen LogP contribution >= 0.6 is 0 Å². The highest BCUT2D eigenvalue weighted by molar-refractivity contribution is 6.00. The number of carbonyl (C=O) groups excluding carboxylic acids is 1. The summed E-state index contributed by atoms with van der Waals surface area (Å²) in [6.45, 7) is 0. The SMILES string of the molecule is O=C1CCC=Cc2c(F)cccc21. The first-order chi connectivity index (χ1) is 6.29. The summed E-state index contributed by atoms with van der Waals surface area (Å²) in [5.74, 6) is -0.288. The van der Waals surface area contributed by atoms with Crippen LogP contribution in [0.1, 0.15) is 28.8 Å². The molecule has 2 rings (SSSR count). The molecule has 0 amide bonds. The maximum atomic E-state index is 13.2. The van der Waals surface area contributed by atoms with Gasteiger partial charge >= 0.3 is 0 Å². The molecule has 0 N–H and O–H groups in total. The topological polar surface area (TPSA) is 17.1 Å². The molecule has 0 saturated carbocycles. The van der Waals surface area contributed by atoms with Crippen LogP contribution < -0.4 is 0 Å². The van der Waals surface area contributed by atoms with Gasteiger partial charge in [0.25, 0.3) is 0 Å². The maximum Gasteiger partial charge on any atom is 0.163 e. The van der Waals surface area contributed by atoms with Gasteiger partial charge in [0.15, 0.2) is 5.78 Å². The molecule has 1 nitrogen and oxygen atoms in total. The van der Waals surface area contributed by atoms with E-state index in [4.69, 9.17) is 0 Å². The Morgan fingerprint density at radius 3 is 3.00 bits per heavy atom. The Bertz CT molecular complexity index is 380. The van der Waals surface area contributed by atoms with E-state index in [-0.39, 0.29) is 11.6 Å². The molecule has 1 aliphatic rings. The average molecular weight is 176 g/mol. The predicted molar refractivity (Wildman–Crippen MR) is 49.0 cm³/mol. The molecule has 2 heteroatoms. The van der Waals surface area contributed by atoms with Gasteiger partial charge in [0.05, 0.1) is 0 Å². The number of benzene rings is 1. The molecule has 0 unspecified atom stereocenters. The molecule has 0 bridgehead atoms. The van der Waals surface area contributed by atoms with Crippen molar-refractivity contribution in [3.8, 4) is 0 Å². The average Bonchev–Trinajstić information content (AvgIpc) is 2.30. The monoisotopic (exact) mass is 176 g/mol. The third-order valence-corrected chi connectivity index (χ3v) is 2.18. The normalized spacial score (nSPS) is 15.3. The molecule has 0 spiro atoms. The first kappa shape index (κ1) is 8.17. The Labute approximate surface area is 75.9 Å². The number of hydrogen-bond acceptors (Lipinski definition) is 1. The second-order valence-electron chi connectivity index (χ2n) is 3.07. The Morgan fingerprint density at radius 1 is 1.31 bits per heavy atom. The molecular formula is C11H9FO. The molecule has 0 heterocycles. The summed E-state index contributed by atoms with van der Waals surface area (Å²) in [6, 6.07) is 4.63. The van der Waals surface area contributed by atoms with Gasteiger partial charge in [-0.2, -0.15) is 0 Å². The number of fused-ring (bicyclic) bond motifs is 1. The molecule has 1 aliphatic carbocycles. The fourth-order valence-electron chi connectivity index (χ4n) is 1.50. The largest absolute Gasteiger partial charge is 0.294 e. The van der Waals surface area contributed by atoms with Gasteiger partial charge in [-0.05, 0) is 12.5 Å². The summed E-state index contributed by atoms with van der Waals surface area (Å²) in [5, 5.41) is 0. The van der Waals surface area contributed by atoms with E-state index in [1.807, 2.05) is 6.08 Å². The lowest BCUT2D eigenvalue weighted by molar-refractivity contribution is 0.0984. The summed E-state index contributed by atoms with van der Waals surface area (Å²) in [5.41, 5.74) is 0.943. The lowest BCUT2D eigenvalue weighted by Crippen LogP contribution is -2.00. The number of carbonyl (C=O) groups is 1. The van der Waals surface area contributed by atoms with E-state index in [0.717, 1.165) is 0 Å². The van der Waals surface area contributed by atoms with Crippen molar-refractivity contribution in [3.05, 3.63) is 41.2 Å². The zero-order chi connectivity index (χ0) is 9.26. The summed E-state index contributed by atoms with van der Waals surface area (Å²) >= 11 is 0. The van der Waals surface area contributed by atoms with Crippen LogP contribution in [-0.2, 0) is 0 Å². The Balaban J connectivity index is 2.63. The molecular weight excluding hydrogens is 167 g/mol. The highest BCUT2D eigenvalue weighted by atomic mass is 19.1. The molecule has 1 aromatic rings. The second-order valence-corrected chi connectivity index (χ2v) is 3.07. The van der Waals surface area contributed by atoms with Crippen molar-refractivity contribution in [1.82, 2.24) is 0 Å².